The summed E-state index contributed by atoms with van der Waals surface area (Å²) in [6.45, 7) is 0. The van der Waals surface area contributed by atoms with Crippen LogP contribution in [0.2, 0.25) is 0 Å². The van der Waals surface area contributed by atoms with Crippen molar-refractivity contribution in [1.29, 1.82) is 0 Å². The van der Waals surface area contributed by atoms with Gasteiger partial charge in [0.1, 0.15) is 11.6 Å². The Hall–Kier alpha value is -2.46. The molecule has 1 aromatic heterocycles. The molecule has 140 valence electrons. The van der Waals surface area contributed by atoms with Crippen molar-refractivity contribution >= 4 is 39.3 Å². The predicted molar refractivity (Wildman–Crippen MR) is 103 cm³/mol. The van der Waals surface area contributed by atoms with Gasteiger partial charge in [-0.3, -0.25) is 4.79 Å². The first-order chi connectivity index (χ1) is 12.9. The van der Waals surface area contributed by atoms with Crippen molar-refractivity contribution in [3.8, 4) is 0 Å². The minimum absolute atomic E-state index is 0.0798. The number of hydrogen-bond acceptors (Lipinski definition) is 5. The highest BCUT2D eigenvalue weighted by Crippen LogP contribution is 2.19. The zero-order chi connectivity index (χ0) is 19.4. The number of carbonyl (C=O) groups is 1. The molecule has 3 N–H and O–H groups in total. The van der Waals surface area contributed by atoms with E-state index in [2.05, 4.69) is 31.4 Å². The second-order valence-corrected chi connectivity index (χ2v) is 7.39. The number of halogens is 3. The van der Waals surface area contributed by atoms with Gasteiger partial charge in [-0.05, 0) is 29.8 Å². The third-order valence-corrected chi connectivity index (χ3v) is 5.02. The van der Waals surface area contributed by atoms with Crippen molar-refractivity contribution in [1.82, 2.24) is 14.9 Å². The predicted octanol–water partition coefficient (Wildman–Crippen LogP) is 3.35. The summed E-state index contributed by atoms with van der Waals surface area (Å²) in [4.78, 5) is 12.0. The van der Waals surface area contributed by atoms with Crippen molar-refractivity contribution in [3.05, 3.63) is 70.0 Å². The molecule has 0 aliphatic rings. The lowest BCUT2D eigenvalue weighted by Crippen LogP contribution is -2.18. The number of amides is 1. The minimum atomic E-state index is -0.714. The molecule has 2 aromatic carbocycles. The van der Waals surface area contributed by atoms with Crippen LogP contribution in [-0.2, 0) is 11.2 Å². The Morgan fingerprint density at radius 3 is 2.67 bits per heavy atom. The van der Waals surface area contributed by atoms with Crippen molar-refractivity contribution in [3.63, 3.8) is 0 Å². The fraction of sp³-hybridized carbons (Fsp3) is 0.118. The molecule has 0 atom stereocenters. The molecule has 27 heavy (non-hydrogen) atoms. The highest BCUT2D eigenvalue weighted by atomic mass is 79.9. The maximum atomic E-state index is 13.6. The lowest BCUT2D eigenvalue weighted by Gasteiger charge is -2.07. The monoisotopic (exact) mass is 453 g/mol. The number of hydrogen-bond donors (Lipinski definition) is 2. The first kappa shape index (κ1) is 19.3. The van der Waals surface area contributed by atoms with Crippen LogP contribution in [0.4, 0.5) is 14.5 Å². The first-order valence-corrected chi connectivity index (χ1v) is 9.52. The smallest absolute Gasteiger partial charge is 0.234 e. The zero-order valence-corrected chi connectivity index (χ0v) is 16.2. The number of anilines is 1. The number of aromatic nitrogens is 3. The van der Waals surface area contributed by atoms with E-state index in [1.807, 2.05) is 24.3 Å². The minimum Gasteiger partial charge on any atom is -0.336 e. The first-order valence-electron chi connectivity index (χ1n) is 7.74. The molecular formula is C17H14BrF2N5OS. The van der Waals surface area contributed by atoms with Crippen LogP contribution in [0.15, 0.2) is 52.1 Å². The number of nitrogens with zero attached hydrogens (tertiary/aromatic N) is 3. The zero-order valence-electron chi connectivity index (χ0n) is 13.8. The average molecular weight is 454 g/mol. The molecule has 0 unspecified atom stereocenters. The Balaban J connectivity index is 1.59. The van der Waals surface area contributed by atoms with Crippen LogP contribution in [0.5, 0.6) is 0 Å². The van der Waals surface area contributed by atoms with Gasteiger partial charge in [0, 0.05) is 17.0 Å². The van der Waals surface area contributed by atoms with E-state index in [0.717, 1.165) is 40.0 Å². The van der Waals surface area contributed by atoms with E-state index < -0.39 is 17.5 Å². The quantitative estimate of drug-likeness (QED) is 0.441. The number of nitrogens with two attached hydrogens (primary N) is 1. The SMILES string of the molecule is Nn1c(Cc2ccc(Br)cc2)nnc1SCC(=O)Nc1cc(F)ccc1F. The van der Waals surface area contributed by atoms with Gasteiger partial charge in [-0.15, -0.1) is 10.2 Å². The Morgan fingerprint density at radius 1 is 1.19 bits per heavy atom. The van der Waals surface area contributed by atoms with Gasteiger partial charge in [-0.25, -0.2) is 13.5 Å². The van der Waals surface area contributed by atoms with E-state index in [0.29, 0.717) is 17.4 Å². The molecule has 0 fully saturated rings. The summed E-state index contributed by atoms with van der Waals surface area (Å²) in [5.74, 6) is 4.58. The van der Waals surface area contributed by atoms with Gasteiger partial charge in [-0.2, -0.15) is 0 Å². The maximum Gasteiger partial charge on any atom is 0.234 e. The second-order valence-electron chi connectivity index (χ2n) is 5.53. The fourth-order valence-electron chi connectivity index (χ4n) is 2.22. The topological polar surface area (TPSA) is 85.8 Å². The van der Waals surface area contributed by atoms with Gasteiger partial charge < -0.3 is 11.2 Å². The van der Waals surface area contributed by atoms with Crippen LogP contribution in [-0.4, -0.2) is 26.5 Å². The van der Waals surface area contributed by atoms with Crippen LogP contribution >= 0.6 is 27.7 Å². The molecule has 0 radical (unpaired) electrons. The number of nitrogen functional groups attached to an aromatic ring is 1. The summed E-state index contributed by atoms with van der Waals surface area (Å²) in [5, 5.41) is 10.7. The second kappa shape index (κ2) is 8.49. The molecule has 3 aromatic rings. The summed E-state index contributed by atoms with van der Waals surface area (Å²) in [7, 11) is 0. The molecule has 0 aliphatic carbocycles. The van der Waals surface area contributed by atoms with Crippen LogP contribution in [0.25, 0.3) is 0 Å². The molecule has 1 heterocycles. The Bertz CT molecular complexity index is 964. The van der Waals surface area contributed by atoms with E-state index in [1.54, 1.807) is 0 Å². The molecule has 0 saturated carbocycles. The standard InChI is InChI=1S/C17H14BrF2N5OS/c18-11-3-1-10(2-4-11)7-15-23-24-17(25(15)21)27-9-16(26)22-14-8-12(19)5-6-13(14)20/h1-6,8H,7,9,21H2,(H,22,26). The van der Waals surface area contributed by atoms with Gasteiger partial charge in [0.15, 0.2) is 5.82 Å². The Labute approximate surface area is 166 Å². The molecular weight excluding hydrogens is 440 g/mol. The Kier molecular flexibility index (Phi) is 6.07. The van der Waals surface area contributed by atoms with Crippen molar-refractivity contribution in [2.24, 2.45) is 0 Å². The number of rotatable bonds is 6. The van der Waals surface area contributed by atoms with Crippen LogP contribution in [0.1, 0.15) is 11.4 Å². The van der Waals surface area contributed by atoms with Gasteiger partial charge in [0.05, 0.1) is 11.4 Å². The van der Waals surface area contributed by atoms with E-state index in [-0.39, 0.29) is 11.4 Å². The normalized spacial score (nSPS) is 10.8. The highest BCUT2D eigenvalue weighted by molar-refractivity contribution is 9.10. The van der Waals surface area contributed by atoms with Gasteiger partial charge in [0.25, 0.3) is 0 Å². The summed E-state index contributed by atoms with van der Waals surface area (Å²) < 4.78 is 29.0. The third-order valence-electron chi connectivity index (χ3n) is 3.55. The van der Waals surface area contributed by atoms with E-state index in [9.17, 15) is 13.6 Å². The molecule has 0 spiro atoms. The molecule has 10 heteroatoms. The van der Waals surface area contributed by atoms with Crippen LogP contribution in [0, 0.1) is 11.6 Å². The van der Waals surface area contributed by atoms with E-state index in [1.165, 1.54) is 4.68 Å². The maximum absolute atomic E-state index is 13.6. The van der Waals surface area contributed by atoms with E-state index in [4.69, 9.17) is 5.84 Å². The van der Waals surface area contributed by atoms with E-state index >= 15 is 0 Å². The number of carbonyl (C=O) groups excluding carboxylic acids is 1. The van der Waals surface area contributed by atoms with Crippen LogP contribution in [0.3, 0.4) is 0 Å². The number of nitrogens with one attached hydrogen (secondary N) is 1. The highest BCUT2D eigenvalue weighted by Gasteiger charge is 2.14. The molecule has 0 aliphatic heterocycles. The van der Waals surface area contributed by atoms with Gasteiger partial charge in [-0.1, -0.05) is 39.8 Å². The molecule has 0 bridgehead atoms. The Morgan fingerprint density at radius 2 is 1.93 bits per heavy atom. The molecule has 1 amide bonds. The fourth-order valence-corrected chi connectivity index (χ4v) is 3.16. The average Bonchev–Trinajstić information content (AvgIpc) is 2.98. The van der Waals surface area contributed by atoms with Crippen LogP contribution < -0.4 is 11.2 Å². The van der Waals surface area contributed by atoms with Crippen molar-refractivity contribution in [2.45, 2.75) is 11.6 Å². The summed E-state index contributed by atoms with van der Waals surface area (Å²) in [6, 6.07) is 10.5. The largest absolute Gasteiger partial charge is 0.336 e. The lowest BCUT2D eigenvalue weighted by atomic mass is 10.1. The van der Waals surface area contributed by atoms with Crippen molar-refractivity contribution < 1.29 is 13.6 Å². The lowest BCUT2D eigenvalue weighted by molar-refractivity contribution is -0.113. The van der Waals surface area contributed by atoms with Crippen molar-refractivity contribution in [2.75, 3.05) is 16.9 Å². The van der Waals surface area contributed by atoms with Gasteiger partial charge >= 0.3 is 0 Å². The summed E-state index contributed by atoms with van der Waals surface area (Å²) >= 11 is 4.42. The summed E-state index contributed by atoms with van der Waals surface area (Å²) in [5.41, 5.74) is 0.791. The van der Waals surface area contributed by atoms with Gasteiger partial charge in [0.2, 0.25) is 11.1 Å². The molecule has 3 rings (SSSR count). The summed E-state index contributed by atoms with van der Waals surface area (Å²) in [6.07, 6.45) is 0.484. The third kappa shape index (κ3) is 5.04. The molecule has 0 saturated heterocycles. The molecule has 6 nitrogen and oxygen atoms in total. The number of benzene rings is 2. The number of thioether (sulfide) groups is 1.